The Morgan fingerprint density at radius 3 is 2.20 bits per heavy atom. The maximum absolute atomic E-state index is 10.5. The quantitative estimate of drug-likeness (QED) is 0.417. The highest BCUT2D eigenvalue weighted by atomic mass is 127. The smallest absolute Gasteiger partial charge is 0.282 e. The molecule has 0 aromatic heterocycles. The van der Waals surface area contributed by atoms with Crippen molar-refractivity contribution in [3.05, 3.63) is 51.6 Å². The summed E-state index contributed by atoms with van der Waals surface area (Å²) in [5.74, 6) is 0.938. The predicted octanol–water partition coefficient (Wildman–Crippen LogP) is 6.09. The third-order valence-corrected chi connectivity index (χ3v) is 6.88. The monoisotopic (exact) mass is 474 g/mol. The molecule has 0 saturated heterocycles. The van der Waals surface area contributed by atoms with Crippen molar-refractivity contribution < 1.29 is 13.0 Å². The zero-order chi connectivity index (χ0) is 18.5. The van der Waals surface area contributed by atoms with Crippen LogP contribution in [-0.4, -0.2) is 13.0 Å². The van der Waals surface area contributed by atoms with Gasteiger partial charge in [-0.1, -0.05) is 62.1 Å². The molecule has 1 atom stereocenters. The fourth-order valence-corrected chi connectivity index (χ4v) is 4.38. The minimum absolute atomic E-state index is 0.0666. The molecule has 1 saturated carbocycles. The van der Waals surface area contributed by atoms with Crippen LogP contribution in [0, 0.1) is 18.3 Å². The van der Waals surface area contributed by atoms with Crippen LogP contribution in [0.15, 0.2) is 51.0 Å². The van der Waals surface area contributed by atoms with Gasteiger partial charge in [-0.3, -0.25) is 4.55 Å². The number of hydrogen-bond donors (Lipinski definition) is 1. The van der Waals surface area contributed by atoms with E-state index in [1.165, 1.54) is 54.2 Å². The van der Waals surface area contributed by atoms with E-state index in [0.29, 0.717) is 5.41 Å². The van der Waals surface area contributed by atoms with Gasteiger partial charge in [-0.25, -0.2) is 0 Å². The van der Waals surface area contributed by atoms with Gasteiger partial charge in [-0.2, -0.15) is 8.42 Å². The molecule has 0 aliphatic heterocycles. The molecule has 2 aliphatic carbocycles. The van der Waals surface area contributed by atoms with E-state index in [2.05, 4.69) is 47.7 Å². The van der Waals surface area contributed by atoms with Gasteiger partial charge in [0.05, 0.1) is 4.90 Å². The van der Waals surface area contributed by atoms with Crippen LogP contribution in [0.2, 0.25) is 0 Å². The minimum Gasteiger partial charge on any atom is -0.282 e. The van der Waals surface area contributed by atoms with Gasteiger partial charge < -0.3 is 0 Å². The Morgan fingerprint density at radius 2 is 1.72 bits per heavy atom. The Labute approximate surface area is 165 Å². The molecule has 0 spiro atoms. The molecule has 138 valence electrons. The van der Waals surface area contributed by atoms with E-state index in [0.717, 1.165) is 11.5 Å². The molecule has 0 bridgehead atoms. The second kappa shape index (κ2) is 8.82. The molecule has 1 fully saturated rings. The molecule has 0 radical (unpaired) electrons. The second-order valence-electron chi connectivity index (χ2n) is 7.26. The summed E-state index contributed by atoms with van der Waals surface area (Å²) in [4.78, 5) is -0.0666. The molecular weight excluding hydrogens is 447 g/mol. The van der Waals surface area contributed by atoms with Gasteiger partial charge in [0.1, 0.15) is 0 Å². The summed E-state index contributed by atoms with van der Waals surface area (Å²) in [5, 5.41) is 0. The number of halogens is 1. The Morgan fingerprint density at radius 1 is 1.12 bits per heavy atom. The van der Waals surface area contributed by atoms with Crippen molar-refractivity contribution >= 4 is 32.7 Å². The largest absolute Gasteiger partial charge is 0.294 e. The molecule has 25 heavy (non-hydrogen) atoms. The van der Waals surface area contributed by atoms with Crippen LogP contribution >= 0.6 is 22.6 Å². The first-order valence-electron chi connectivity index (χ1n) is 8.80. The summed E-state index contributed by atoms with van der Waals surface area (Å²) in [5.41, 5.74) is 1.42. The van der Waals surface area contributed by atoms with Gasteiger partial charge in [0.2, 0.25) is 0 Å². The van der Waals surface area contributed by atoms with Crippen LogP contribution in [0.25, 0.3) is 0 Å². The fraction of sp³-hybridized carbons (Fsp3) is 0.500. The van der Waals surface area contributed by atoms with Crippen LogP contribution in [0.1, 0.15) is 51.0 Å². The third kappa shape index (κ3) is 6.22. The average molecular weight is 474 g/mol. The summed E-state index contributed by atoms with van der Waals surface area (Å²) in [6, 6.07) is 5.99. The molecule has 1 aromatic rings. The summed E-state index contributed by atoms with van der Waals surface area (Å²) >= 11 is 2.42. The van der Waals surface area contributed by atoms with Crippen molar-refractivity contribution in [1.29, 1.82) is 0 Å². The molecule has 1 N–H and O–H groups in total. The van der Waals surface area contributed by atoms with Crippen LogP contribution in [0.3, 0.4) is 0 Å². The Hall–Kier alpha value is -0.660. The Kier molecular flexibility index (Phi) is 7.29. The highest BCUT2D eigenvalue weighted by Gasteiger charge is 2.32. The first kappa shape index (κ1) is 20.6. The van der Waals surface area contributed by atoms with E-state index in [9.17, 15) is 8.42 Å². The summed E-state index contributed by atoms with van der Waals surface area (Å²) < 4.78 is 31.0. The average Bonchev–Trinajstić information content (AvgIpc) is 2.59. The van der Waals surface area contributed by atoms with E-state index < -0.39 is 10.1 Å². The standard InChI is InChI=1S/C13H19I.C7H8O3S/c1-13(9-7-12(14)8-10-13)11-5-3-2-4-6-11;1-6-2-4-7(5-3-6)11(8,9)10/h7-9,11H,2-6,10H2,1H3;2-5H,1H3,(H,8,9,10). The molecule has 1 aromatic carbocycles. The maximum atomic E-state index is 10.5. The van der Waals surface area contributed by atoms with E-state index in [1.807, 2.05) is 6.92 Å². The fourth-order valence-electron chi connectivity index (χ4n) is 3.50. The van der Waals surface area contributed by atoms with E-state index in [-0.39, 0.29) is 4.90 Å². The van der Waals surface area contributed by atoms with Crippen LogP contribution in [0.5, 0.6) is 0 Å². The van der Waals surface area contributed by atoms with Crippen LogP contribution < -0.4 is 0 Å². The first-order valence-corrected chi connectivity index (χ1v) is 11.3. The molecule has 0 amide bonds. The minimum atomic E-state index is -4.02. The topological polar surface area (TPSA) is 54.4 Å². The van der Waals surface area contributed by atoms with Gasteiger partial charge in [-0.15, -0.1) is 0 Å². The Bertz CT molecular complexity index is 729. The van der Waals surface area contributed by atoms with Gasteiger partial charge in [0.25, 0.3) is 10.1 Å². The van der Waals surface area contributed by atoms with Gasteiger partial charge >= 0.3 is 0 Å². The number of hydrogen-bond acceptors (Lipinski definition) is 2. The van der Waals surface area contributed by atoms with Gasteiger partial charge in [0, 0.05) is 3.58 Å². The van der Waals surface area contributed by atoms with Crippen LogP contribution in [0.4, 0.5) is 0 Å². The van der Waals surface area contributed by atoms with Gasteiger partial charge in [-0.05, 0) is 72.2 Å². The molecule has 5 heteroatoms. The number of aryl methyl sites for hydroxylation is 1. The van der Waals surface area contributed by atoms with Gasteiger partial charge in [0.15, 0.2) is 0 Å². The van der Waals surface area contributed by atoms with Crippen LogP contribution in [-0.2, 0) is 10.1 Å². The van der Waals surface area contributed by atoms with Crippen molar-refractivity contribution in [3.8, 4) is 0 Å². The summed E-state index contributed by atoms with van der Waals surface area (Å²) in [6.45, 7) is 4.28. The zero-order valence-electron chi connectivity index (χ0n) is 14.9. The lowest BCUT2D eigenvalue weighted by molar-refractivity contribution is 0.191. The van der Waals surface area contributed by atoms with Crippen molar-refractivity contribution in [3.63, 3.8) is 0 Å². The lowest BCUT2D eigenvalue weighted by Crippen LogP contribution is -2.27. The zero-order valence-corrected chi connectivity index (χ0v) is 17.9. The summed E-state index contributed by atoms with van der Waals surface area (Å²) in [7, 11) is -4.02. The van der Waals surface area contributed by atoms with E-state index in [4.69, 9.17) is 4.55 Å². The first-order chi connectivity index (χ1) is 11.7. The predicted molar refractivity (Wildman–Crippen MR) is 112 cm³/mol. The molecular formula is C20H27IO3S. The molecule has 1 unspecified atom stereocenters. The number of benzene rings is 1. The highest BCUT2D eigenvalue weighted by molar-refractivity contribution is 14.1. The number of allylic oxidation sites excluding steroid dienone is 4. The summed E-state index contributed by atoms with van der Waals surface area (Å²) in [6.07, 6.45) is 15.7. The molecule has 0 heterocycles. The molecule has 3 nitrogen and oxygen atoms in total. The normalized spacial score (nSPS) is 24.2. The molecule has 3 rings (SSSR count). The third-order valence-electron chi connectivity index (χ3n) is 5.22. The van der Waals surface area contributed by atoms with Crippen molar-refractivity contribution in [2.45, 2.75) is 57.3 Å². The van der Waals surface area contributed by atoms with E-state index >= 15 is 0 Å². The second-order valence-corrected chi connectivity index (χ2v) is 9.92. The highest BCUT2D eigenvalue weighted by Crippen LogP contribution is 2.44. The number of rotatable bonds is 2. The van der Waals surface area contributed by atoms with Crippen molar-refractivity contribution in [2.24, 2.45) is 11.3 Å². The maximum Gasteiger partial charge on any atom is 0.294 e. The molecule has 2 aliphatic rings. The SMILES string of the molecule is CC1(C2CCCCC2)C=CC(I)=CC1.Cc1ccc(S(=O)(=O)O)cc1. The van der Waals surface area contributed by atoms with Crippen molar-refractivity contribution in [1.82, 2.24) is 0 Å². The lowest BCUT2D eigenvalue weighted by atomic mass is 9.67. The van der Waals surface area contributed by atoms with E-state index in [1.54, 1.807) is 12.1 Å². The van der Waals surface area contributed by atoms with Crippen molar-refractivity contribution in [2.75, 3.05) is 0 Å². The lowest BCUT2D eigenvalue weighted by Gasteiger charge is -2.38. The Balaban J connectivity index is 0.000000186.